The first kappa shape index (κ1) is 16.5. The second-order valence-electron chi connectivity index (χ2n) is 5.42. The number of nitrogens with one attached hydrogen (secondary N) is 1. The second kappa shape index (κ2) is 7.04. The third-order valence-electron chi connectivity index (χ3n) is 3.62. The molecular weight excluding hydrogens is 323 g/mol. The molecule has 0 saturated carbocycles. The van der Waals surface area contributed by atoms with E-state index in [0.29, 0.717) is 11.4 Å². The number of carbonyl (C=O) groups is 1. The molecule has 126 valence electrons. The van der Waals surface area contributed by atoms with Gasteiger partial charge in [0, 0.05) is 29.7 Å². The van der Waals surface area contributed by atoms with E-state index in [9.17, 15) is 14.0 Å². The average molecular weight is 338 g/mol. The molecule has 0 bridgehead atoms. The van der Waals surface area contributed by atoms with Crippen molar-refractivity contribution < 1.29 is 9.18 Å². The Hall–Kier alpha value is -3.35. The molecule has 25 heavy (non-hydrogen) atoms. The maximum atomic E-state index is 13.2. The minimum atomic E-state index is -0.868. The Morgan fingerprint density at radius 1 is 1.20 bits per heavy atom. The highest BCUT2D eigenvalue weighted by atomic mass is 19.1. The van der Waals surface area contributed by atoms with E-state index in [1.165, 1.54) is 24.3 Å². The fraction of sp³-hybridized carbons (Fsp3) is 0.111. The smallest absolute Gasteiger partial charge is 0.267 e. The Kier molecular flexibility index (Phi) is 4.65. The van der Waals surface area contributed by atoms with Gasteiger partial charge in [-0.15, -0.1) is 0 Å². The minimum Gasteiger partial charge on any atom is -0.324 e. The Morgan fingerprint density at radius 2 is 2.04 bits per heavy atom. The molecule has 0 radical (unpaired) electrons. The van der Waals surface area contributed by atoms with Crippen molar-refractivity contribution in [3.63, 3.8) is 0 Å². The Morgan fingerprint density at radius 3 is 2.76 bits per heavy atom. The van der Waals surface area contributed by atoms with Crippen LogP contribution in [0.25, 0.3) is 11.3 Å². The lowest BCUT2D eigenvalue weighted by Gasteiger charge is -2.15. The van der Waals surface area contributed by atoms with Crippen LogP contribution in [0.5, 0.6) is 0 Å². The molecule has 2 heterocycles. The number of amides is 1. The zero-order valence-corrected chi connectivity index (χ0v) is 13.4. The van der Waals surface area contributed by atoms with Crippen molar-refractivity contribution >= 4 is 11.6 Å². The fourth-order valence-corrected chi connectivity index (χ4v) is 2.29. The standard InChI is InChI=1S/C18H15FN4O2/c1-12(18(25)21-15-6-2-5-14(19)10-15)23-17(24)8-7-16(22-23)13-4-3-9-20-11-13/h2-12H,1H3,(H,21,25). The lowest BCUT2D eigenvalue weighted by atomic mass is 10.2. The minimum absolute atomic E-state index is 0.313. The number of nitrogens with zero attached hydrogens (tertiary/aromatic N) is 3. The van der Waals surface area contributed by atoms with Gasteiger partial charge < -0.3 is 5.32 Å². The van der Waals surface area contributed by atoms with Crippen molar-refractivity contribution in [1.82, 2.24) is 14.8 Å². The molecule has 7 heteroatoms. The van der Waals surface area contributed by atoms with Crippen LogP contribution in [-0.2, 0) is 4.79 Å². The van der Waals surface area contributed by atoms with Gasteiger partial charge in [-0.05, 0) is 43.3 Å². The molecule has 3 aromatic rings. The van der Waals surface area contributed by atoms with Gasteiger partial charge in [-0.1, -0.05) is 6.07 Å². The lowest BCUT2D eigenvalue weighted by molar-refractivity contribution is -0.119. The van der Waals surface area contributed by atoms with Crippen LogP contribution < -0.4 is 10.9 Å². The number of carbonyl (C=O) groups excluding carboxylic acids is 1. The summed E-state index contributed by atoms with van der Waals surface area (Å²) in [5, 5.41) is 6.83. The van der Waals surface area contributed by atoms with Crippen LogP contribution in [-0.4, -0.2) is 20.7 Å². The summed E-state index contributed by atoms with van der Waals surface area (Å²) in [7, 11) is 0. The van der Waals surface area contributed by atoms with E-state index < -0.39 is 23.3 Å². The molecule has 1 aromatic carbocycles. The predicted molar refractivity (Wildman–Crippen MR) is 91.5 cm³/mol. The summed E-state index contributed by atoms with van der Waals surface area (Å²) in [4.78, 5) is 28.5. The maximum Gasteiger partial charge on any atom is 0.267 e. The van der Waals surface area contributed by atoms with Crippen LogP contribution in [0.1, 0.15) is 13.0 Å². The molecular formula is C18H15FN4O2. The summed E-state index contributed by atoms with van der Waals surface area (Å²) in [5.41, 5.74) is 1.16. The monoisotopic (exact) mass is 338 g/mol. The van der Waals surface area contributed by atoms with Crippen LogP contribution in [0.2, 0.25) is 0 Å². The molecule has 0 aliphatic rings. The highest BCUT2D eigenvalue weighted by Crippen LogP contribution is 2.15. The largest absolute Gasteiger partial charge is 0.324 e. The summed E-state index contributed by atoms with van der Waals surface area (Å²) in [5.74, 6) is -0.928. The molecule has 1 atom stereocenters. The van der Waals surface area contributed by atoms with Gasteiger partial charge in [0.15, 0.2) is 0 Å². The van der Waals surface area contributed by atoms with Crippen molar-refractivity contribution in [1.29, 1.82) is 0 Å². The zero-order chi connectivity index (χ0) is 17.8. The highest BCUT2D eigenvalue weighted by molar-refractivity contribution is 5.93. The fourth-order valence-electron chi connectivity index (χ4n) is 2.29. The van der Waals surface area contributed by atoms with Crippen molar-refractivity contribution in [2.45, 2.75) is 13.0 Å². The van der Waals surface area contributed by atoms with E-state index in [2.05, 4.69) is 15.4 Å². The predicted octanol–water partition coefficient (Wildman–Crippen LogP) is 2.64. The summed E-state index contributed by atoms with van der Waals surface area (Å²) in [6, 6.07) is 11.2. The Labute approximate surface area is 143 Å². The number of aromatic nitrogens is 3. The van der Waals surface area contributed by atoms with Gasteiger partial charge in [0.2, 0.25) is 5.91 Å². The number of pyridine rings is 1. The van der Waals surface area contributed by atoms with Crippen molar-refractivity contribution in [3.05, 3.63) is 77.1 Å². The van der Waals surface area contributed by atoms with Gasteiger partial charge in [-0.2, -0.15) is 5.10 Å². The second-order valence-corrected chi connectivity index (χ2v) is 5.42. The molecule has 2 aromatic heterocycles. The molecule has 0 saturated heterocycles. The van der Waals surface area contributed by atoms with E-state index >= 15 is 0 Å². The van der Waals surface area contributed by atoms with Gasteiger partial charge in [0.25, 0.3) is 5.56 Å². The normalized spacial score (nSPS) is 11.8. The molecule has 1 unspecified atom stereocenters. The number of halogens is 1. The molecule has 6 nitrogen and oxygen atoms in total. The van der Waals surface area contributed by atoms with Gasteiger partial charge in [-0.25, -0.2) is 9.07 Å². The first-order valence-electron chi connectivity index (χ1n) is 7.61. The number of hydrogen-bond acceptors (Lipinski definition) is 4. The Balaban J connectivity index is 1.87. The van der Waals surface area contributed by atoms with Gasteiger partial charge >= 0.3 is 0 Å². The molecule has 0 fully saturated rings. The molecule has 3 rings (SSSR count). The number of anilines is 1. The first-order chi connectivity index (χ1) is 12.0. The first-order valence-corrected chi connectivity index (χ1v) is 7.61. The Bertz CT molecular complexity index is 957. The van der Waals surface area contributed by atoms with E-state index in [4.69, 9.17) is 0 Å². The van der Waals surface area contributed by atoms with Gasteiger partial charge in [-0.3, -0.25) is 14.6 Å². The number of hydrogen-bond donors (Lipinski definition) is 1. The van der Waals surface area contributed by atoms with Crippen molar-refractivity contribution in [3.8, 4) is 11.3 Å². The molecule has 1 amide bonds. The van der Waals surface area contributed by atoms with Crippen molar-refractivity contribution in [2.24, 2.45) is 0 Å². The van der Waals surface area contributed by atoms with E-state index in [1.807, 2.05) is 6.07 Å². The van der Waals surface area contributed by atoms with Gasteiger partial charge in [0.1, 0.15) is 11.9 Å². The topological polar surface area (TPSA) is 76.9 Å². The molecule has 0 aliphatic carbocycles. The summed E-state index contributed by atoms with van der Waals surface area (Å²) in [6.45, 7) is 1.55. The maximum absolute atomic E-state index is 13.2. The summed E-state index contributed by atoms with van der Waals surface area (Å²) in [6.07, 6.45) is 3.25. The van der Waals surface area contributed by atoms with Crippen LogP contribution >= 0.6 is 0 Å². The van der Waals surface area contributed by atoms with Crippen LogP contribution in [0.4, 0.5) is 10.1 Å². The zero-order valence-electron chi connectivity index (χ0n) is 13.4. The molecule has 0 spiro atoms. The highest BCUT2D eigenvalue weighted by Gasteiger charge is 2.18. The molecule has 0 aliphatic heterocycles. The van der Waals surface area contributed by atoms with Crippen LogP contribution in [0, 0.1) is 5.82 Å². The third-order valence-corrected chi connectivity index (χ3v) is 3.62. The van der Waals surface area contributed by atoms with Crippen LogP contribution in [0.15, 0.2) is 65.7 Å². The summed E-state index contributed by atoms with van der Waals surface area (Å²) < 4.78 is 14.3. The number of benzene rings is 1. The van der Waals surface area contributed by atoms with Crippen LogP contribution in [0.3, 0.4) is 0 Å². The summed E-state index contributed by atoms with van der Waals surface area (Å²) >= 11 is 0. The lowest BCUT2D eigenvalue weighted by Crippen LogP contribution is -2.33. The molecule has 1 N–H and O–H groups in total. The van der Waals surface area contributed by atoms with Gasteiger partial charge in [0.05, 0.1) is 5.69 Å². The van der Waals surface area contributed by atoms with E-state index in [-0.39, 0.29) is 0 Å². The quantitative estimate of drug-likeness (QED) is 0.793. The average Bonchev–Trinajstić information content (AvgIpc) is 2.62. The van der Waals surface area contributed by atoms with E-state index in [0.717, 1.165) is 10.2 Å². The van der Waals surface area contributed by atoms with Crippen molar-refractivity contribution in [2.75, 3.05) is 5.32 Å². The van der Waals surface area contributed by atoms with E-state index in [1.54, 1.807) is 37.5 Å². The SMILES string of the molecule is CC(C(=O)Nc1cccc(F)c1)n1nc(-c2cccnc2)ccc1=O. The third kappa shape index (κ3) is 3.77. The number of rotatable bonds is 4.